The van der Waals surface area contributed by atoms with Crippen molar-refractivity contribution in [1.29, 1.82) is 0 Å². The number of phenols is 1. The SMILES string of the molecule is CC(C)C(NC(=O)C(CC(N)=O)NC(=O)C(N)Cc1ccccc1)C(=O)NC(Cc1ccc(O)cc1)C(=O)O. The fraction of sp³-hybridized carbons (Fsp3) is 0.370. The van der Waals surface area contributed by atoms with Crippen LogP contribution in [0, 0.1) is 5.92 Å². The van der Waals surface area contributed by atoms with Crippen molar-refractivity contribution in [1.82, 2.24) is 16.0 Å². The zero-order chi connectivity index (χ0) is 29.1. The molecule has 0 fully saturated rings. The van der Waals surface area contributed by atoms with Crippen molar-refractivity contribution in [3.63, 3.8) is 0 Å². The molecule has 0 aliphatic heterocycles. The molecule has 39 heavy (non-hydrogen) atoms. The molecule has 2 rings (SSSR count). The van der Waals surface area contributed by atoms with Gasteiger partial charge in [0, 0.05) is 6.42 Å². The van der Waals surface area contributed by atoms with E-state index in [1.165, 1.54) is 24.3 Å². The average Bonchev–Trinajstić information content (AvgIpc) is 2.87. The number of phenolic OH excluding ortho intramolecular Hbond substituents is 1. The number of hydrogen-bond acceptors (Lipinski definition) is 7. The molecule has 210 valence electrons. The van der Waals surface area contributed by atoms with Crippen molar-refractivity contribution < 1.29 is 34.2 Å². The number of nitrogens with one attached hydrogen (secondary N) is 3. The van der Waals surface area contributed by atoms with Gasteiger partial charge in [-0.1, -0.05) is 56.3 Å². The molecule has 0 spiro atoms. The number of carbonyl (C=O) groups excluding carboxylic acids is 4. The van der Waals surface area contributed by atoms with Crippen molar-refractivity contribution in [2.45, 2.75) is 57.3 Å². The summed E-state index contributed by atoms with van der Waals surface area (Å²) in [5, 5.41) is 26.4. The van der Waals surface area contributed by atoms with Gasteiger partial charge in [0.15, 0.2) is 0 Å². The van der Waals surface area contributed by atoms with E-state index >= 15 is 0 Å². The van der Waals surface area contributed by atoms with E-state index in [9.17, 15) is 34.2 Å². The minimum atomic E-state index is -1.40. The maximum atomic E-state index is 13.1. The van der Waals surface area contributed by atoms with E-state index in [1.807, 2.05) is 6.07 Å². The Morgan fingerprint density at radius 2 is 1.33 bits per heavy atom. The van der Waals surface area contributed by atoms with Gasteiger partial charge in [0.1, 0.15) is 23.9 Å². The predicted molar refractivity (Wildman–Crippen MR) is 142 cm³/mol. The average molecular weight is 542 g/mol. The van der Waals surface area contributed by atoms with Crippen LogP contribution in [-0.4, -0.2) is 64.0 Å². The van der Waals surface area contributed by atoms with Crippen molar-refractivity contribution in [2.24, 2.45) is 17.4 Å². The smallest absolute Gasteiger partial charge is 0.326 e. The van der Waals surface area contributed by atoms with E-state index in [0.29, 0.717) is 5.56 Å². The van der Waals surface area contributed by atoms with E-state index in [-0.39, 0.29) is 18.6 Å². The number of rotatable bonds is 14. The Balaban J connectivity index is 2.10. The fourth-order valence-corrected chi connectivity index (χ4v) is 3.77. The summed E-state index contributed by atoms with van der Waals surface area (Å²) in [5.74, 6) is -4.94. The maximum Gasteiger partial charge on any atom is 0.326 e. The number of amides is 4. The topological polar surface area (TPSA) is 214 Å². The van der Waals surface area contributed by atoms with Gasteiger partial charge in [-0.15, -0.1) is 0 Å². The molecule has 4 unspecified atom stereocenters. The molecule has 12 nitrogen and oxygen atoms in total. The molecule has 0 bridgehead atoms. The van der Waals surface area contributed by atoms with Crippen LogP contribution in [0.25, 0.3) is 0 Å². The van der Waals surface area contributed by atoms with Gasteiger partial charge in [0.05, 0.1) is 12.5 Å². The molecule has 2 aromatic rings. The van der Waals surface area contributed by atoms with Gasteiger partial charge in [0.25, 0.3) is 0 Å². The van der Waals surface area contributed by atoms with E-state index in [2.05, 4.69) is 16.0 Å². The molecule has 0 saturated carbocycles. The second kappa shape index (κ2) is 14.5. The number of benzene rings is 2. The lowest BCUT2D eigenvalue weighted by Gasteiger charge is -2.27. The molecule has 0 aliphatic rings. The van der Waals surface area contributed by atoms with Crippen LogP contribution in [0.5, 0.6) is 5.75 Å². The van der Waals surface area contributed by atoms with Crippen molar-refractivity contribution >= 4 is 29.6 Å². The van der Waals surface area contributed by atoms with Gasteiger partial charge in [-0.3, -0.25) is 19.2 Å². The molecule has 2 aromatic carbocycles. The Morgan fingerprint density at radius 3 is 1.87 bits per heavy atom. The molecular weight excluding hydrogens is 506 g/mol. The number of aromatic hydroxyl groups is 1. The number of carboxylic acid groups (broad SMARTS) is 1. The van der Waals surface area contributed by atoms with Gasteiger partial charge in [-0.05, 0) is 35.6 Å². The van der Waals surface area contributed by atoms with Gasteiger partial charge >= 0.3 is 5.97 Å². The molecule has 0 aromatic heterocycles. The highest BCUT2D eigenvalue weighted by atomic mass is 16.4. The van der Waals surface area contributed by atoms with Crippen LogP contribution in [0.4, 0.5) is 0 Å². The standard InChI is InChI=1S/C27H35N5O7/c1-15(2)23(26(37)31-21(27(38)39)13-17-8-10-18(33)11-9-17)32-25(36)20(14-22(29)34)30-24(35)19(28)12-16-6-4-3-5-7-16/h3-11,15,19-21,23,33H,12-14,28H2,1-2H3,(H2,29,34)(H,30,35)(H,31,37)(H,32,36)(H,38,39). The van der Waals surface area contributed by atoms with E-state index in [0.717, 1.165) is 5.56 Å². The molecule has 9 N–H and O–H groups in total. The van der Waals surface area contributed by atoms with Crippen molar-refractivity contribution in [2.75, 3.05) is 0 Å². The van der Waals surface area contributed by atoms with Gasteiger partial charge < -0.3 is 37.6 Å². The summed E-state index contributed by atoms with van der Waals surface area (Å²) in [6, 6.07) is 9.89. The Labute approximate surface area is 226 Å². The molecule has 0 aliphatic carbocycles. The monoisotopic (exact) mass is 541 g/mol. The summed E-state index contributed by atoms with van der Waals surface area (Å²) < 4.78 is 0. The number of nitrogens with two attached hydrogens (primary N) is 2. The van der Waals surface area contributed by atoms with E-state index < -0.39 is 66.1 Å². The molecule has 0 heterocycles. The Kier molecular flexibility index (Phi) is 11.4. The summed E-state index contributed by atoms with van der Waals surface area (Å²) in [6.07, 6.45) is -0.424. The second-order valence-corrected chi connectivity index (χ2v) is 9.53. The first-order valence-corrected chi connectivity index (χ1v) is 12.4. The lowest BCUT2D eigenvalue weighted by molar-refractivity contribution is -0.142. The molecule has 12 heteroatoms. The third kappa shape index (κ3) is 10.1. The van der Waals surface area contributed by atoms with E-state index in [1.54, 1.807) is 38.1 Å². The lowest BCUT2D eigenvalue weighted by atomic mass is 10.0. The van der Waals surface area contributed by atoms with E-state index in [4.69, 9.17) is 11.5 Å². The first kappa shape index (κ1) is 30.8. The number of aliphatic carboxylic acids is 1. The largest absolute Gasteiger partial charge is 0.508 e. The minimum absolute atomic E-state index is 0.0101. The van der Waals surface area contributed by atoms with Gasteiger partial charge in [-0.25, -0.2) is 4.79 Å². The highest BCUT2D eigenvalue weighted by molar-refractivity contribution is 5.96. The number of primary amides is 1. The first-order chi connectivity index (χ1) is 18.4. The molecular formula is C27H35N5O7. The third-order valence-electron chi connectivity index (χ3n) is 5.91. The summed E-state index contributed by atoms with van der Waals surface area (Å²) in [6.45, 7) is 3.27. The third-order valence-corrected chi connectivity index (χ3v) is 5.91. The molecule has 4 amide bonds. The minimum Gasteiger partial charge on any atom is -0.508 e. The lowest BCUT2D eigenvalue weighted by Crippen LogP contribution is -2.59. The predicted octanol–water partition coefficient (Wildman–Crippen LogP) is -0.425. The fourth-order valence-electron chi connectivity index (χ4n) is 3.77. The highest BCUT2D eigenvalue weighted by Crippen LogP contribution is 2.12. The number of hydrogen-bond donors (Lipinski definition) is 7. The Hall–Kier alpha value is -4.45. The van der Waals surface area contributed by atoms with Crippen LogP contribution in [-0.2, 0) is 36.8 Å². The van der Waals surface area contributed by atoms with Crippen LogP contribution >= 0.6 is 0 Å². The van der Waals surface area contributed by atoms with Crippen molar-refractivity contribution in [3.05, 3.63) is 65.7 Å². The van der Waals surface area contributed by atoms with Crippen LogP contribution < -0.4 is 27.4 Å². The Morgan fingerprint density at radius 1 is 0.769 bits per heavy atom. The van der Waals surface area contributed by atoms with Crippen LogP contribution in [0.3, 0.4) is 0 Å². The van der Waals surface area contributed by atoms with Crippen LogP contribution in [0.15, 0.2) is 54.6 Å². The Bertz CT molecular complexity index is 1150. The number of carbonyl (C=O) groups is 5. The van der Waals surface area contributed by atoms with Gasteiger partial charge in [0.2, 0.25) is 23.6 Å². The summed E-state index contributed by atoms with van der Waals surface area (Å²) in [4.78, 5) is 62.2. The maximum absolute atomic E-state index is 13.1. The normalized spacial score (nSPS) is 13.9. The highest BCUT2D eigenvalue weighted by Gasteiger charge is 2.32. The summed E-state index contributed by atoms with van der Waals surface area (Å²) >= 11 is 0. The zero-order valence-electron chi connectivity index (χ0n) is 21.8. The number of carboxylic acids is 1. The molecule has 0 saturated heterocycles. The van der Waals surface area contributed by atoms with Crippen LogP contribution in [0.1, 0.15) is 31.4 Å². The summed E-state index contributed by atoms with van der Waals surface area (Å²) in [7, 11) is 0. The van der Waals surface area contributed by atoms with Crippen LogP contribution in [0.2, 0.25) is 0 Å². The second-order valence-electron chi connectivity index (χ2n) is 9.53. The van der Waals surface area contributed by atoms with Gasteiger partial charge in [-0.2, -0.15) is 0 Å². The quantitative estimate of drug-likeness (QED) is 0.166. The molecule has 4 atom stereocenters. The first-order valence-electron chi connectivity index (χ1n) is 12.4. The molecule has 0 radical (unpaired) electrons. The zero-order valence-corrected chi connectivity index (χ0v) is 21.8. The summed E-state index contributed by atoms with van der Waals surface area (Å²) in [5.41, 5.74) is 12.6. The van der Waals surface area contributed by atoms with Crippen molar-refractivity contribution in [3.8, 4) is 5.75 Å².